The minimum Gasteiger partial charge on any atom is -0.381 e. The summed E-state index contributed by atoms with van der Waals surface area (Å²) in [4.78, 5) is 10.0. The first kappa shape index (κ1) is 26.0. The molecule has 5 rings (SSSR count). The predicted molar refractivity (Wildman–Crippen MR) is 135 cm³/mol. The van der Waals surface area contributed by atoms with Crippen LogP contribution in [-0.4, -0.2) is 82.6 Å². The molecule has 10 nitrogen and oxygen atoms in total. The summed E-state index contributed by atoms with van der Waals surface area (Å²) in [5, 5.41) is 28.6. The highest BCUT2D eigenvalue weighted by molar-refractivity contribution is 5.26. The van der Waals surface area contributed by atoms with Crippen molar-refractivity contribution in [3.05, 3.63) is 89.8 Å². The number of rotatable bonds is 10. The van der Waals surface area contributed by atoms with Crippen LogP contribution in [0.3, 0.4) is 0 Å². The zero-order valence-corrected chi connectivity index (χ0v) is 21.2. The van der Waals surface area contributed by atoms with Crippen LogP contribution in [0.1, 0.15) is 29.9 Å². The van der Waals surface area contributed by atoms with Crippen molar-refractivity contribution in [2.24, 2.45) is 0 Å². The molecule has 0 radical (unpaired) electrons. The highest BCUT2D eigenvalue weighted by Gasteiger charge is 2.41. The van der Waals surface area contributed by atoms with Crippen LogP contribution in [0.25, 0.3) is 0 Å². The highest BCUT2D eigenvalue weighted by atomic mass is 19.1. The van der Waals surface area contributed by atoms with Crippen molar-refractivity contribution in [3.8, 4) is 0 Å². The molecule has 1 aliphatic heterocycles. The lowest BCUT2D eigenvalue weighted by atomic mass is 9.86. The molecule has 1 saturated heterocycles. The number of aromatic nitrogens is 7. The molecule has 4 aromatic rings. The molecule has 3 heterocycles. The van der Waals surface area contributed by atoms with Crippen molar-refractivity contribution < 1.29 is 13.9 Å². The molecule has 1 N–H and O–H groups in total. The van der Waals surface area contributed by atoms with Gasteiger partial charge in [0.05, 0.1) is 6.54 Å². The van der Waals surface area contributed by atoms with Crippen LogP contribution in [0.4, 0.5) is 8.78 Å². The second-order valence-electron chi connectivity index (χ2n) is 9.70. The van der Waals surface area contributed by atoms with Crippen LogP contribution in [0.15, 0.2) is 61.2 Å². The summed E-state index contributed by atoms with van der Waals surface area (Å²) < 4.78 is 29.8. The molecule has 2 aromatic carbocycles. The van der Waals surface area contributed by atoms with E-state index < -0.39 is 23.3 Å². The summed E-state index contributed by atoms with van der Waals surface area (Å²) in [6.45, 7) is 7.16. The standard InChI is InChI=1S/C26H31F2N9O/c1-20(26(38,17-36-19-29-18-30-36)23-8-7-22(27)15-24(23)28)37-32-25(31-33-37)9-10-34-11-13-35(14-12-34)16-21-5-3-2-4-6-21/h2-8,15,18-20,38H,9-14,16-17H2,1H3. The van der Waals surface area contributed by atoms with Crippen LogP contribution in [0, 0.1) is 11.6 Å². The van der Waals surface area contributed by atoms with Crippen LogP contribution < -0.4 is 0 Å². The van der Waals surface area contributed by atoms with E-state index in [0.717, 1.165) is 51.4 Å². The Hall–Kier alpha value is -3.61. The number of benzene rings is 2. The van der Waals surface area contributed by atoms with Gasteiger partial charge in [0.1, 0.15) is 35.9 Å². The van der Waals surface area contributed by atoms with Crippen molar-refractivity contribution in [2.45, 2.75) is 38.1 Å². The number of aliphatic hydroxyl groups is 1. The maximum Gasteiger partial charge on any atom is 0.176 e. The van der Waals surface area contributed by atoms with E-state index in [0.29, 0.717) is 12.2 Å². The predicted octanol–water partition coefficient (Wildman–Crippen LogP) is 2.05. The van der Waals surface area contributed by atoms with Gasteiger partial charge in [-0.1, -0.05) is 36.4 Å². The smallest absolute Gasteiger partial charge is 0.176 e. The minimum absolute atomic E-state index is 0.0888. The first-order valence-corrected chi connectivity index (χ1v) is 12.7. The van der Waals surface area contributed by atoms with Gasteiger partial charge in [0.25, 0.3) is 0 Å². The Labute approximate surface area is 219 Å². The van der Waals surface area contributed by atoms with Crippen LogP contribution >= 0.6 is 0 Å². The van der Waals surface area contributed by atoms with Gasteiger partial charge in [-0.3, -0.25) is 4.90 Å². The number of piperazine rings is 1. The van der Waals surface area contributed by atoms with Crippen LogP contribution in [0.2, 0.25) is 0 Å². The molecular formula is C26H31F2N9O. The highest BCUT2D eigenvalue weighted by Crippen LogP contribution is 2.35. The summed E-state index contributed by atoms with van der Waals surface area (Å²) in [5.41, 5.74) is -0.618. The summed E-state index contributed by atoms with van der Waals surface area (Å²) in [7, 11) is 0. The van der Waals surface area contributed by atoms with Crippen LogP contribution in [-0.2, 0) is 25.1 Å². The fraction of sp³-hybridized carbons (Fsp3) is 0.423. The molecule has 0 saturated carbocycles. The average molecular weight is 524 g/mol. The average Bonchev–Trinajstić information content (AvgIpc) is 3.61. The van der Waals surface area contributed by atoms with E-state index >= 15 is 0 Å². The van der Waals surface area contributed by atoms with Gasteiger partial charge < -0.3 is 10.0 Å². The van der Waals surface area contributed by atoms with Gasteiger partial charge in [-0.2, -0.15) is 9.90 Å². The molecule has 2 atom stereocenters. The zero-order chi connectivity index (χ0) is 26.5. The second kappa shape index (κ2) is 11.4. The third kappa shape index (κ3) is 5.93. The lowest BCUT2D eigenvalue weighted by Gasteiger charge is -2.34. The van der Waals surface area contributed by atoms with Crippen molar-refractivity contribution >= 4 is 0 Å². The molecule has 1 fully saturated rings. The number of hydrogen-bond acceptors (Lipinski definition) is 8. The zero-order valence-electron chi connectivity index (χ0n) is 21.2. The monoisotopic (exact) mass is 523 g/mol. The van der Waals surface area contributed by atoms with Gasteiger partial charge >= 0.3 is 0 Å². The van der Waals surface area contributed by atoms with Gasteiger partial charge in [0.2, 0.25) is 0 Å². The lowest BCUT2D eigenvalue weighted by molar-refractivity contribution is -0.0418. The molecule has 2 unspecified atom stereocenters. The van der Waals surface area contributed by atoms with Crippen molar-refractivity contribution in [3.63, 3.8) is 0 Å². The van der Waals surface area contributed by atoms with Gasteiger partial charge in [0, 0.05) is 57.3 Å². The Balaban J connectivity index is 1.22. The van der Waals surface area contributed by atoms with Gasteiger partial charge in [-0.25, -0.2) is 18.4 Å². The van der Waals surface area contributed by atoms with Crippen LogP contribution in [0.5, 0.6) is 0 Å². The molecule has 0 aliphatic carbocycles. The third-order valence-corrected chi connectivity index (χ3v) is 7.14. The number of tetrazole rings is 1. The SMILES string of the molecule is CC(n1nnc(CCN2CCN(Cc3ccccc3)CC2)n1)C(O)(Cn1cncn1)c1ccc(F)cc1F. The molecule has 0 bridgehead atoms. The Morgan fingerprint density at radius 2 is 1.79 bits per heavy atom. The maximum absolute atomic E-state index is 14.8. The third-order valence-electron chi connectivity index (χ3n) is 7.14. The van der Waals surface area contributed by atoms with Gasteiger partial charge in [-0.15, -0.1) is 10.2 Å². The Kier molecular flexibility index (Phi) is 7.82. The summed E-state index contributed by atoms with van der Waals surface area (Å²) >= 11 is 0. The largest absolute Gasteiger partial charge is 0.381 e. The summed E-state index contributed by atoms with van der Waals surface area (Å²) in [5.74, 6) is -1.07. The fourth-order valence-corrected chi connectivity index (χ4v) is 4.83. The maximum atomic E-state index is 14.8. The molecule has 2 aromatic heterocycles. The van der Waals surface area contributed by atoms with E-state index in [-0.39, 0.29) is 12.1 Å². The van der Waals surface area contributed by atoms with E-state index in [9.17, 15) is 13.9 Å². The molecule has 0 spiro atoms. The second-order valence-corrected chi connectivity index (χ2v) is 9.70. The van der Waals surface area contributed by atoms with E-state index in [1.807, 2.05) is 6.07 Å². The topological polar surface area (TPSA) is 101 Å². The van der Waals surface area contributed by atoms with E-state index in [1.165, 1.54) is 33.8 Å². The summed E-state index contributed by atoms with van der Waals surface area (Å²) in [6, 6.07) is 12.7. The van der Waals surface area contributed by atoms with E-state index in [4.69, 9.17) is 0 Å². The molecule has 38 heavy (non-hydrogen) atoms. The Bertz CT molecular complexity index is 1310. The van der Waals surface area contributed by atoms with E-state index in [2.05, 4.69) is 59.6 Å². The molecule has 0 amide bonds. The first-order chi connectivity index (χ1) is 18.4. The quantitative estimate of drug-likeness (QED) is 0.337. The summed E-state index contributed by atoms with van der Waals surface area (Å²) in [6.07, 6.45) is 3.33. The molecule has 12 heteroatoms. The normalized spacial score (nSPS) is 17.4. The Morgan fingerprint density at radius 1 is 1.03 bits per heavy atom. The van der Waals surface area contributed by atoms with Gasteiger partial charge in [0.15, 0.2) is 5.82 Å². The fourth-order valence-electron chi connectivity index (χ4n) is 4.83. The van der Waals surface area contributed by atoms with Crippen molar-refractivity contribution in [1.29, 1.82) is 0 Å². The van der Waals surface area contributed by atoms with Gasteiger partial charge in [-0.05, 0) is 23.8 Å². The molecule has 200 valence electrons. The number of hydrogen-bond donors (Lipinski definition) is 1. The molecule has 1 aliphatic rings. The van der Waals surface area contributed by atoms with E-state index in [1.54, 1.807) is 6.92 Å². The number of nitrogens with zero attached hydrogens (tertiary/aromatic N) is 9. The molecular weight excluding hydrogens is 492 g/mol. The van der Waals surface area contributed by atoms with Crippen molar-refractivity contribution in [1.82, 2.24) is 44.8 Å². The number of halogens is 2. The van der Waals surface area contributed by atoms with Crippen molar-refractivity contribution in [2.75, 3.05) is 32.7 Å². The first-order valence-electron chi connectivity index (χ1n) is 12.7. The lowest BCUT2D eigenvalue weighted by Crippen LogP contribution is -2.46. The Morgan fingerprint density at radius 3 is 2.50 bits per heavy atom. The minimum atomic E-state index is -1.85.